The maximum Gasteiger partial charge on any atom is 0.255 e. The Kier molecular flexibility index (Phi) is 5.67. The highest BCUT2D eigenvalue weighted by Crippen LogP contribution is 2.34. The molecule has 0 aliphatic heterocycles. The number of ether oxygens (including phenoxy) is 1. The minimum atomic E-state index is -0.308. The van der Waals surface area contributed by atoms with Crippen molar-refractivity contribution in [2.24, 2.45) is 0 Å². The Morgan fingerprint density at radius 2 is 1.81 bits per heavy atom. The van der Waals surface area contributed by atoms with Gasteiger partial charge in [0.05, 0.1) is 33.6 Å². The first-order chi connectivity index (χ1) is 12.5. The lowest BCUT2D eigenvalue weighted by atomic mass is 10.1. The van der Waals surface area contributed by atoms with Crippen LogP contribution in [-0.2, 0) is 0 Å². The fourth-order valence-corrected chi connectivity index (χ4v) is 3.09. The molecular formula is C19H13Cl3N2O2. The monoisotopic (exact) mass is 406 g/mol. The SMILES string of the molecule is COc1ccccc1NC(=O)c1ccc(Cl)c(-c2ncc(Cl)cc2Cl)c1. The molecule has 0 unspecified atom stereocenters. The molecule has 0 aliphatic carbocycles. The highest BCUT2D eigenvalue weighted by molar-refractivity contribution is 6.37. The molecular weight excluding hydrogens is 395 g/mol. The van der Waals surface area contributed by atoms with Crippen LogP contribution in [-0.4, -0.2) is 18.0 Å². The van der Waals surface area contributed by atoms with Gasteiger partial charge in [0.2, 0.25) is 0 Å². The van der Waals surface area contributed by atoms with E-state index in [1.807, 2.05) is 12.1 Å². The molecule has 1 aromatic heterocycles. The van der Waals surface area contributed by atoms with Crippen molar-refractivity contribution in [3.05, 3.63) is 75.4 Å². The van der Waals surface area contributed by atoms with Gasteiger partial charge >= 0.3 is 0 Å². The predicted octanol–water partition coefficient (Wildman–Crippen LogP) is 5.97. The summed E-state index contributed by atoms with van der Waals surface area (Å²) in [6.45, 7) is 0. The summed E-state index contributed by atoms with van der Waals surface area (Å²) in [7, 11) is 1.54. The number of nitrogens with zero attached hydrogens (tertiary/aromatic N) is 1. The number of hydrogen-bond acceptors (Lipinski definition) is 3. The van der Waals surface area contributed by atoms with Crippen molar-refractivity contribution in [3.8, 4) is 17.0 Å². The first-order valence-electron chi connectivity index (χ1n) is 7.55. The Balaban J connectivity index is 1.95. The number of halogens is 3. The topological polar surface area (TPSA) is 51.2 Å². The Bertz CT molecular complexity index is 977. The molecule has 0 bridgehead atoms. The molecule has 1 amide bonds. The van der Waals surface area contributed by atoms with Crippen LogP contribution in [0.4, 0.5) is 5.69 Å². The number of anilines is 1. The number of hydrogen-bond donors (Lipinski definition) is 1. The maximum atomic E-state index is 12.6. The van der Waals surface area contributed by atoms with Gasteiger partial charge < -0.3 is 10.1 Å². The number of aromatic nitrogens is 1. The molecule has 3 rings (SSSR count). The number of methoxy groups -OCH3 is 1. The first-order valence-corrected chi connectivity index (χ1v) is 8.68. The van der Waals surface area contributed by atoms with E-state index in [0.29, 0.717) is 43.3 Å². The second kappa shape index (κ2) is 7.96. The number of rotatable bonds is 4. The summed E-state index contributed by atoms with van der Waals surface area (Å²) in [5.74, 6) is 0.259. The van der Waals surface area contributed by atoms with Crippen LogP contribution >= 0.6 is 34.8 Å². The number of pyridine rings is 1. The zero-order valence-corrected chi connectivity index (χ0v) is 15.9. The van der Waals surface area contributed by atoms with Gasteiger partial charge in [-0.05, 0) is 36.4 Å². The first kappa shape index (κ1) is 18.5. The summed E-state index contributed by atoms with van der Waals surface area (Å²) < 4.78 is 5.25. The minimum absolute atomic E-state index is 0.308. The number of carbonyl (C=O) groups excluding carboxylic acids is 1. The second-order valence-electron chi connectivity index (χ2n) is 5.33. The van der Waals surface area contributed by atoms with Crippen LogP contribution < -0.4 is 10.1 Å². The zero-order valence-electron chi connectivity index (χ0n) is 13.6. The molecule has 0 saturated heterocycles. The third kappa shape index (κ3) is 3.93. The molecule has 0 aliphatic rings. The minimum Gasteiger partial charge on any atom is -0.495 e. The number of benzene rings is 2. The molecule has 26 heavy (non-hydrogen) atoms. The van der Waals surface area contributed by atoms with Gasteiger partial charge in [0, 0.05) is 17.3 Å². The maximum absolute atomic E-state index is 12.6. The van der Waals surface area contributed by atoms with Gasteiger partial charge in [-0.2, -0.15) is 0 Å². The third-order valence-corrected chi connectivity index (χ3v) is 4.47. The van der Waals surface area contributed by atoms with E-state index < -0.39 is 0 Å². The van der Waals surface area contributed by atoms with Crippen molar-refractivity contribution in [1.82, 2.24) is 4.98 Å². The van der Waals surface area contributed by atoms with Crippen LogP contribution in [0.5, 0.6) is 5.75 Å². The van der Waals surface area contributed by atoms with E-state index in [2.05, 4.69) is 10.3 Å². The van der Waals surface area contributed by atoms with E-state index in [9.17, 15) is 4.79 Å². The molecule has 132 valence electrons. The van der Waals surface area contributed by atoms with Gasteiger partial charge in [0.25, 0.3) is 5.91 Å². The standard InChI is InChI=1S/C19H13Cl3N2O2/c1-26-17-5-3-2-4-16(17)24-19(25)11-6-7-14(21)13(8-11)18-15(22)9-12(20)10-23-18/h2-10H,1H3,(H,24,25). The van der Waals surface area contributed by atoms with E-state index in [-0.39, 0.29) is 5.91 Å². The number of para-hydroxylation sites is 2. The lowest BCUT2D eigenvalue weighted by molar-refractivity contribution is 0.102. The third-order valence-electron chi connectivity index (χ3n) is 3.65. The largest absolute Gasteiger partial charge is 0.495 e. The van der Waals surface area contributed by atoms with Crippen molar-refractivity contribution in [2.75, 3.05) is 12.4 Å². The molecule has 7 heteroatoms. The van der Waals surface area contributed by atoms with Crippen molar-refractivity contribution in [1.29, 1.82) is 0 Å². The van der Waals surface area contributed by atoms with Crippen LogP contribution in [0.2, 0.25) is 15.1 Å². The molecule has 3 aromatic rings. The van der Waals surface area contributed by atoms with E-state index in [0.717, 1.165) is 0 Å². The lowest BCUT2D eigenvalue weighted by Gasteiger charge is -2.11. The van der Waals surface area contributed by atoms with Gasteiger partial charge in [-0.1, -0.05) is 46.9 Å². The fraction of sp³-hybridized carbons (Fsp3) is 0.0526. The van der Waals surface area contributed by atoms with Gasteiger partial charge in [0.1, 0.15) is 5.75 Å². The molecule has 0 fully saturated rings. The van der Waals surface area contributed by atoms with E-state index in [1.54, 1.807) is 43.5 Å². The summed E-state index contributed by atoms with van der Waals surface area (Å²) >= 11 is 18.4. The Morgan fingerprint density at radius 3 is 2.54 bits per heavy atom. The number of nitrogens with one attached hydrogen (secondary N) is 1. The van der Waals surface area contributed by atoms with Crippen molar-refractivity contribution in [3.63, 3.8) is 0 Å². The number of amides is 1. The van der Waals surface area contributed by atoms with Crippen molar-refractivity contribution in [2.45, 2.75) is 0 Å². The predicted molar refractivity (Wildman–Crippen MR) is 106 cm³/mol. The van der Waals surface area contributed by atoms with E-state index in [1.165, 1.54) is 6.20 Å². The van der Waals surface area contributed by atoms with Crippen LogP contribution in [0.15, 0.2) is 54.7 Å². The summed E-state index contributed by atoms with van der Waals surface area (Å²) in [5, 5.41) is 4.01. The van der Waals surface area contributed by atoms with Gasteiger partial charge in [-0.3, -0.25) is 9.78 Å². The van der Waals surface area contributed by atoms with Gasteiger partial charge in [-0.25, -0.2) is 0 Å². The molecule has 0 radical (unpaired) electrons. The fourth-order valence-electron chi connectivity index (χ4n) is 2.40. The molecule has 1 heterocycles. The molecule has 0 saturated carbocycles. The lowest BCUT2D eigenvalue weighted by Crippen LogP contribution is -2.12. The van der Waals surface area contributed by atoms with Crippen LogP contribution in [0.3, 0.4) is 0 Å². The van der Waals surface area contributed by atoms with Crippen LogP contribution in [0.1, 0.15) is 10.4 Å². The van der Waals surface area contributed by atoms with Crippen LogP contribution in [0.25, 0.3) is 11.3 Å². The van der Waals surface area contributed by atoms with Gasteiger partial charge in [0.15, 0.2) is 0 Å². The summed E-state index contributed by atoms with van der Waals surface area (Å²) in [6.07, 6.45) is 1.47. The van der Waals surface area contributed by atoms with E-state index >= 15 is 0 Å². The molecule has 2 aromatic carbocycles. The summed E-state index contributed by atoms with van der Waals surface area (Å²) in [4.78, 5) is 16.9. The van der Waals surface area contributed by atoms with Crippen molar-refractivity contribution >= 4 is 46.4 Å². The summed E-state index contributed by atoms with van der Waals surface area (Å²) in [5.41, 5.74) is 1.97. The smallest absolute Gasteiger partial charge is 0.255 e. The Hall–Kier alpha value is -2.27. The Morgan fingerprint density at radius 1 is 1.04 bits per heavy atom. The highest BCUT2D eigenvalue weighted by atomic mass is 35.5. The Labute approximate surface area is 165 Å². The zero-order chi connectivity index (χ0) is 18.7. The van der Waals surface area contributed by atoms with Crippen molar-refractivity contribution < 1.29 is 9.53 Å². The average Bonchev–Trinajstić information content (AvgIpc) is 2.63. The molecule has 4 nitrogen and oxygen atoms in total. The molecule has 1 N–H and O–H groups in total. The second-order valence-corrected chi connectivity index (χ2v) is 6.58. The quantitative estimate of drug-likeness (QED) is 0.579. The van der Waals surface area contributed by atoms with E-state index in [4.69, 9.17) is 39.5 Å². The molecule has 0 atom stereocenters. The normalized spacial score (nSPS) is 10.5. The number of carbonyl (C=O) groups is 1. The average molecular weight is 408 g/mol. The molecule has 0 spiro atoms. The van der Waals surface area contributed by atoms with Gasteiger partial charge in [-0.15, -0.1) is 0 Å². The van der Waals surface area contributed by atoms with Crippen LogP contribution in [0, 0.1) is 0 Å². The highest BCUT2D eigenvalue weighted by Gasteiger charge is 2.15. The summed E-state index contributed by atoms with van der Waals surface area (Å²) in [6, 6.07) is 13.6.